The molecule has 1 heterocycles. The van der Waals surface area contributed by atoms with E-state index >= 15 is 0 Å². The second kappa shape index (κ2) is 8.54. The van der Waals surface area contributed by atoms with E-state index in [9.17, 15) is 4.79 Å². The molecule has 140 valence electrons. The summed E-state index contributed by atoms with van der Waals surface area (Å²) in [5.41, 5.74) is 4.19. The van der Waals surface area contributed by atoms with Crippen molar-refractivity contribution in [2.24, 2.45) is 0 Å². The molecule has 1 amide bonds. The highest BCUT2D eigenvalue weighted by Gasteiger charge is 2.11. The number of benzene rings is 2. The third-order valence-corrected chi connectivity index (χ3v) is 4.50. The van der Waals surface area contributed by atoms with Crippen molar-refractivity contribution in [2.45, 2.75) is 33.4 Å². The van der Waals surface area contributed by atoms with Gasteiger partial charge in [0.05, 0.1) is 12.4 Å². The summed E-state index contributed by atoms with van der Waals surface area (Å²) in [6, 6.07) is 13.5. The van der Waals surface area contributed by atoms with Crippen molar-refractivity contribution in [1.82, 2.24) is 14.9 Å². The Bertz CT molecular complexity index is 886. The summed E-state index contributed by atoms with van der Waals surface area (Å²) in [7, 11) is 0. The number of aromatic nitrogens is 2. The molecular weight excluding hydrogens is 338 g/mol. The number of carbonyl (C=O) groups excluding carboxylic acids is 1. The minimum atomic E-state index is -0.0969. The zero-order chi connectivity index (χ0) is 19.2. The van der Waals surface area contributed by atoms with Crippen molar-refractivity contribution >= 4 is 5.91 Å². The van der Waals surface area contributed by atoms with Crippen LogP contribution in [-0.2, 0) is 6.54 Å². The monoisotopic (exact) mass is 363 g/mol. The third-order valence-electron chi connectivity index (χ3n) is 4.50. The van der Waals surface area contributed by atoms with Crippen LogP contribution in [0.5, 0.6) is 5.75 Å². The summed E-state index contributed by atoms with van der Waals surface area (Å²) in [5, 5.41) is 2.98. The van der Waals surface area contributed by atoms with Gasteiger partial charge in [-0.25, -0.2) is 4.98 Å². The fourth-order valence-electron chi connectivity index (χ4n) is 2.73. The number of nitrogens with one attached hydrogen (secondary N) is 1. The highest BCUT2D eigenvalue weighted by Crippen LogP contribution is 2.16. The van der Waals surface area contributed by atoms with E-state index in [-0.39, 0.29) is 11.9 Å². The first-order valence-electron chi connectivity index (χ1n) is 9.07. The molecule has 1 N–H and O–H groups in total. The number of ether oxygens (including phenoxy) is 1. The van der Waals surface area contributed by atoms with E-state index in [1.165, 1.54) is 11.1 Å². The first kappa shape index (κ1) is 18.7. The molecule has 0 saturated carbocycles. The van der Waals surface area contributed by atoms with Crippen LogP contribution < -0.4 is 10.1 Å². The highest BCUT2D eigenvalue weighted by molar-refractivity contribution is 5.94. The van der Waals surface area contributed by atoms with Crippen molar-refractivity contribution in [3.05, 3.63) is 83.4 Å². The van der Waals surface area contributed by atoms with Crippen LogP contribution in [0, 0.1) is 13.8 Å². The number of hydrogen-bond donors (Lipinski definition) is 1. The lowest BCUT2D eigenvalue weighted by molar-refractivity contribution is 0.0926. The summed E-state index contributed by atoms with van der Waals surface area (Å²) in [6.07, 6.45) is 5.44. The van der Waals surface area contributed by atoms with Crippen LogP contribution in [0.4, 0.5) is 0 Å². The Morgan fingerprint density at radius 1 is 1.15 bits per heavy atom. The number of nitrogens with zero attached hydrogens (tertiary/aromatic N) is 2. The lowest BCUT2D eigenvalue weighted by atomic mass is 10.1. The van der Waals surface area contributed by atoms with Gasteiger partial charge in [0.1, 0.15) is 12.4 Å². The Labute approximate surface area is 160 Å². The van der Waals surface area contributed by atoms with Gasteiger partial charge in [0.25, 0.3) is 5.91 Å². The van der Waals surface area contributed by atoms with Gasteiger partial charge in [-0.05, 0) is 61.7 Å². The number of imidazole rings is 1. The Kier molecular flexibility index (Phi) is 5.91. The largest absolute Gasteiger partial charge is 0.491 e. The second-order valence-corrected chi connectivity index (χ2v) is 6.86. The van der Waals surface area contributed by atoms with E-state index in [1.807, 2.05) is 60.2 Å². The molecule has 0 fully saturated rings. The average molecular weight is 363 g/mol. The van der Waals surface area contributed by atoms with Crippen LogP contribution in [-0.4, -0.2) is 28.1 Å². The van der Waals surface area contributed by atoms with Crippen molar-refractivity contribution < 1.29 is 9.53 Å². The lowest BCUT2D eigenvalue weighted by Gasteiger charge is -2.16. The zero-order valence-corrected chi connectivity index (χ0v) is 16.0. The fraction of sp³-hybridized carbons (Fsp3) is 0.273. The maximum Gasteiger partial charge on any atom is 0.251 e. The number of amides is 1. The molecule has 5 nitrogen and oxygen atoms in total. The first-order chi connectivity index (χ1) is 13.0. The Balaban J connectivity index is 1.50. The standard InChI is InChI=1S/C22H25N3O2/c1-16-4-9-21(12-17(16)2)27-14-18(3)24-22(26)20-7-5-19(6-8-20)13-25-11-10-23-15-25/h4-12,15,18H,13-14H2,1-3H3,(H,24,26)/t18-/m0/s1. The van der Waals surface area contributed by atoms with Gasteiger partial charge < -0.3 is 14.6 Å². The Hall–Kier alpha value is -3.08. The molecule has 2 aromatic carbocycles. The summed E-state index contributed by atoms with van der Waals surface area (Å²) >= 11 is 0. The van der Waals surface area contributed by atoms with Crippen molar-refractivity contribution in [1.29, 1.82) is 0 Å². The zero-order valence-electron chi connectivity index (χ0n) is 16.0. The Morgan fingerprint density at radius 3 is 2.59 bits per heavy atom. The molecule has 0 aliphatic heterocycles. The molecule has 0 spiro atoms. The normalized spacial score (nSPS) is 11.8. The van der Waals surface area contributed by atoms with Gasteiger partial charge in [0, 0.05) is 24.5 Å². The molecule has 0 aliphatic rings. The molecule has 0 aliphatic carbocycles. The van der Waals surface area contributed by atoms with E-state index in [0.29, 0.717) is 12.2 Å². The SMILES string of the molecule is Cc1ccc(OC[C@H](C)NC(=O)c2ccc(Cn3ccnc3)cc2)cc1C. The van der Waals surface area contributed by atoms with Gasteiger partial charge in [0.15, 0.2) is 0 Å². The van der Waals surface area contributed by atoms with Gasteiger partial charge >= 0.3 is 0 Å². The van der Waals surface area contributed by atoms with E-state index in [2.05, 4.69) is 24.1 Å². The summed E-state index contributed by atoms with van der Waals surface area (Å²) < 4.78 is 7.78. The summed E-state index contributed by atoms with van der Waals surface area (Å²) in [4.78, 5) is 16.4. The molecule has 5 heteroatoms. The molecular formula is C22H25N3O2. The summed E-state index contributed by atoms with van der Waals surface area (Å²) in [6.45, 7) is 7.23. The molecule has 3 aromatic rings. The molecule has 27 heavy (non-hydrogen) atoms. The molecule has 0 bridgehead atoms. The van der Waals surface area contributed by atoms with Crippen LogP contribution in [0.2, 0.25) is 0 Å². The van der Waals surface area contributed by atoms with Gasteiger partial charge in [-0.3, -0.25) is 4.79 Å². The van der Waals surface area contributed by atoms with Crippen LogP contribution in [0.1, 0.15) is 34.0 Å². The smallest absolute Gasteiger partial charge is 0.251 e. The summed E-state index contributed by atoms with van der Waals surface area (Å²) in [5.74, 6) is 0.725. The highest BCUT2D eigenvalue weighted by atomic mass is 16.5. The predicted octanol–water partition coefficient (Wildman–Crippen LogP) is 3.75. The van der Waals surface area contributed by atoms with Crippen LogP contribution in [0.15, 0.2) is 61.2 Å². The van der Waals surface area contributed by atoms with E-state index < -0.39 is 0 Å². The second-order valence-electron chi connectivity index (χ2n) is 6.86. The minimum absolute atomic E-state index is 0.0928. The predicted molar refractivity (Wildman–Crippen MR) is 106 cm³/mol. The molecule has 0 radical (unpaired) electrons. The molecule has 0 unspecified atom stereocenters. The van der Waals surface area contributed by atoms with Gasteiger partial charge in [-0.15, -0.1) is 0 Å². The number of carbonyl (C=O) groups is 1. The first-order valence-corrected chi connectivity index (χ1v) is 9.07. The van der Waals surface area contributed by atoms with E-state index in [1.54, 1.807) is 12.5 Å². The topological polar surface area (TPSA) is 56.1 Å². The maximum absolute atomic E-state index is 12.4. The number of rotatable bonds is 7. The van der Waals surface area contributed by atoms with Gasteiger partial charge in [0.2, 0.25) is 0 Å². The van der Waals surface area contributed by atoms with Crippen LogP contribution >= 0.6 is 0 Å². The molecule has 3 rings (SSSR count). The number of aryl methyl sites for hydroxylation is 2. The van der Waals surface area contributed by atoms with Crippen molar-refractivity contribution in [3.63, 3.8) is 0 Å². The maximum atomic E-state index is 12.4. The van der Waals surface area contributed by atoms with Gasteiger partial charge in [-0.1, -0.05) is 18.2 Å². The third kappa shape index (κ3) is 5.20. The fourth-order valence-corrected chi connectivity index (χ4v) is 2.73. The minimum Gasteiger partial charge on any atom is -0.491 e. The molecule has 1 aromatic heterocycles. The molecule has 1 atom stereocenters. The number of hydrogen-bond acceptors (Lipinski definition) is 3. The average Bonchev–Trinajstić information content (AvgIpc) is 3.16. The van der Waals surface area contributed by atoms with Crippen LogP contribution in [0.25, 0.3) is 0 Å². The Morgan fingerprint density at radius 2 is 1.93 bits per heavy atom. The van der Waals surface area contributed by atoms with Crippen LogP contribution in [0.3, 0.4) is 0 Å². The van der Waals surface area contributed by atoms with Gasteiger partial charge in [-0.2, -0.15) is 0 Å². The van der Waals surface area contributed by atoms with Crippen molar-refractivity contribution in [2.75, 3.05) is 6.61 Å². The lowest BCUT2D eigenvalue weighted by Crippen LogP contribution is -2.36. The van der Waals surface area contributed by atoms with Crippen molar-refractivity contribution in [3.8, 4) is 5.75 Å². The molecule has 0 saturated heterocycles. The van der Waals surface area contributed by atoms with E-state index in [0.717, 1.165) is 17.9 Å². The quantitative estimate of drug-likeness (QED) is 0.696. The van der Waals surface area contributed by atoms with E-state index in [4.69, 9.17) is 4.74 Å².